The van der Waals surface area contributed by atoms with Gasteiger partial charge in [-0.2, -0.15) is 0 Å². The first-order valence-corrected chi connectivity index (χ1v) is 10.3. The zero-order valence-electron chi connectivity index (χ0n) is 17.8. The van der Waals surface area contributed by atoms with E-state index in [0.29, 0.717) is 66.1 Å². The van der Waals surface area contributed by atoms with Crippen molar-refractivity contribution >= 4 is 5.97 Å². The second kappa shape index (κ2) is 24.3. The molecule has 0 rings (SSSR count). The summed E-state index contributed by atoms with van der Waals surface area (Å²) in [5.74, 6) is -0.393. The topological polar surface area (TPSA) is 81.7 Å². The number of carbonyl (C=O) groups is 1. The third-order valence-corrected chi connectivity index (χ3v) is 3.70. The lowest BCUT2D eigenvalue weighted by Gasteiger charge is -2.08. The molecule has 0 heterocycles. The van der Waals surface area contributed by atoms with Crippen LogP contribution in [0.15, 0.2) is 0 Å². The second-order valence-corrected chi connectivity index (χ2v) is 6.10. The number of esters is 1. The first-order chi connectivity index (χ1) is 13.8. The lowest BCUT2D eigenvalue weighted by Crippen LogP contribution is -2.15. The van der Waals surface area contributed by atoms with Gasteiger partial charge < -0.3 is 33.2 Å². The first-order valence-electron chi connectivity index (χ1n) is 10.3. The van der Waals surface area contributed by atoms with Gasteiger partial charge in [-0.3, -0.25) is 0 Å². The minimum absolute atomic E-state index is 0.0520. The van der Waals surface area contributed by atoms with Crippen LogP contribution in [-0.4, -0.2) is 92.4 Å². The third kappa shape index (κ3) is 23.3. The van der Waals surface area contributed by atoms with E-state index in [1.54, 1.807) is 0 Å². The van der Waals surface area contributed by atoms with Crippen molar-refractivity contribution in [1.82, 2.24) is 0 Å². The molecule has 0 aliphatic carbocycles. The third-order valence-electron chi connectivity index (χ3n) is 3.70. The molecule has 0 aliphatic heterocycles. The number of carbonyl (C=O) groups excluding carboxylic acids is 1. The smallest absolute Gasteiger partial charge is 0.331 e. The zero-order valence-corrected chi connectivity index (χ0v) is 17.8. The van der Waals surface area contributed by atoms with E-state index in [0.717, 1.165) is 13.0 Å². The fraction of sp³-hybridized carbons (Fsp3) is 0.950. The van der Waals surface area contributed by atoms with E-state index >= 15 is 0 Å². The molecule has 0 amide bonds. The molecule has 0 aromatic carbocycles. The molecule has 28 heavy (non-hydrogen) atoms. The maximum Gasteiger partial charge on any atom is 0.331 e. The van der Waals surface area contributed by atoms with Crippen molar-refractivity contribution in [2.45, 2.75) is 39.0 Å². The number of methoxy groups -OCH3 is 1. The highest BCUT2D eigenvalue weighted by Gasteiger charge is 1.99. The van der Waals surface area contributed by atoms with Crippen molar-refractivity contribution in [3.63, 3.8) is 0 Å². The van der Waals surface area contributed by atoms with Crippen LogP contribution in [0.25, 0.3) is 0 Å². The Morgan fingerprint density at radius 1 is 0.536 bits per heavy atom. The maximum atomic E-state index is 10.8. The van der Waals surface area contributed by atoms with Crippen molar-refractivity contribution in [3.05, 3.63) is 0 Å². The van der Waals surface area contributed by atoms with E-state index in [1.165, 1.54) is 32.8 Å². The van der Waals surface area contributed by atoms with Gasteiger partial charge in [0.15, 0.2) is 0 Å². The van der Waals surface area contributed by atoms with E-state index in [2.05, 4.69) is 11.7 Å². The van der Waals surface area contributed by atoms with Crippen LogP contribution in [0.1, 0.15) is 39.0 Å². The van der Waals surface area contributed by atoms with Crippen molar-refractivity contribution in [2.75, 3.05) is 86.4 Å². The number of ether oxygens (including phenoxy) is 7. The standard InChI is InChI=1S/C20H40O8/c1-3-4-5-6-7-8-23-9-10-24-11-12-25-13-14-26-15-16-27-17-18-28-19-20(21)22-2/h3-19H2,1-2H3. The SMILES string of the molecule is CCCCCCCOCCOCCOCCOCCOCCOCC(=O)OC. The van der Waals surface area contributed by atoms with Gasteiger partial charge in [0.05, 0.1) is 73.2 Å². The van der Waals surface area contributed by atoms with E-state index in [4.69, 9.17) is 28.4 Å². The van der Waals surface area contributed by atoms with Crippen LogP contribution in [0.4, 0.5) is 0 Å². The lowest BCUT2D eigenvalue weighted by atomic mass is 10.2. The molecule has 0 unspecified atom stereocenters. The molecule has 0 spiro atoms. The highest BCUT2D eigenvalue weighted by atomic mass is 16.6. The number of unbranched alkanes of at least 4 members (excludes halogenated alkanes) is 4. The molecule has 0 saturated heterocycles. The van der Waals surface area contributed by atoms with E-state index in [1.807, 2.05) is 0 Å². The van der Waals surface area contributed by atoms with Gasteiger partial charge >= 0.3 is 5.97 Å². The Morgan fingerprint density at radius 3 is 1.36 bits per heavy atom. The normalized spacial score (nSPS) is 11.1. The van der Waals surface area contributed by atoms with Gasteiger partial charge in [-0.1, -0.05) is 32.6 Å². The summed E-state index contributed by atoms with van der Waals surface area (Å²) in [5, 5.41) is 0. The molecular formula is C20H40O8. The molecule has 0 radical (unpaired) electrons. The Balaban J connectivity index is 3.00. The molecule has 0 bridgehead atoms. The monoisotopic (exact) mass is 408 g/mol. The quantitative estimate of drug-likeness (QED) is 0.188. The van der Waals surface area contributed by atoms with Crippen molar-refractivity contribution in [1.29, 1.82) is 0 Å². The van der Waals surface area contributed by atoms with E-state index in [-0.39, 0.29) is 6.61 Å². The summed E-state index contributed by atoms with van der Waals surface area (Å²) in [6, 6.07) is 0. The van der Waals surface area contributed by atoms with Crippen molar-refractivity contribution in [3.8, 4) is 0 Å². The molecule has 0 aliphatic rings. The minimum Gasteiger partial charge on any atom is -0.467 e. The van der Waals surface area contributed by atoms with Gasteiger partial charge in [-0.15, -0.1) is 0 Å². The Labute approximate surface area is 170 Å². The lowest BCUT2D eigenvalue weighted by molar-refractivity contribution is -0.146. The van der Waals surface area contributed by atoms with Gasteiger partial charge in [0.2, 0.25) is 0 Å². The van der Waals surface area contributed by atoms with Gasteiger partial charge in [0.25, 0.3) is 0 Å². The van der Waals surface area contributed by atoms with Gasteiger partial charge in [-0.25, -0.2) is 4.79 Å². The van der Waals surface area contributed by atoms with Crippen LogP contribution in [-0.2, 0) is 38.0 Å². The zero-order chi connectivity index (χ0) is 20.5. The second-order valence-electron chi connectivity index (χ2n) is 6.10. The maximum absolute atomic E-state index is 10.8. The molecule has 0 atom stereocenters. The first kappa shape index (κ1) is 27.2. The molecule has 8 nitrogen and oxygen atoms in total. The Morgan fingerprint density at radius 2 is 0.929 bits per heavy atom. The Kier molecular flexibility index (Phi) is 23.6. The summed E-state index contributed by atoms with van der Waals surface area (Å²) >= 11 is 0. The Bertz CT molecular complexity index is 315. The molecule has 0 saturated carbocycles. The van der Waals surface area contributed by atoms with Crippen LogP contribution in [0.5, 0.6) is 0 Å². The molecule has 0 aromatic heterocycles. The molecule has 0 aromatic rings. The fourth-order valence-corrected chi connectivity index (χ4v) is 2.12. The molecule has 0 N–H and O–H groups in total. The predicted molar refractivity (Wildman–Crippen MR) is 106 cm³/mol. The van der Waals surface area contributed by atoms with Crippen LogP contribution in [0.2, 0.25) is 0 Å². The molecule has 168 valence electrons. The largest absolute Gasteiger partial charge is 0.467 e. The van der Waals surface area contributed by atoms with Crippen LogP contribution in [0, 0.1) is 0 Å². The predicted octanol–water partition coefficient (Wildman–Crippen LogP) is 2.23. The summed E-state index contributed by atoms with van der Waals surface area (Å²) < 4.78 is 36.5. The van der Waals surface area contributed by atoms with Crippen molar-refractivity contribution < 1.29 is 38.0 Å². The number of hydrogen-bond acceptors (Lipinski definition) is 8. The highest BCUT2D eigenvalue weighted by Crippen LogP contribution is 2.02. The van der Waals surface area contributed by atoms with Crippen LogP contribution >= 0.6 is 0 Å². The molecule has 8 heteroatoms. The summed E-state index contributed by atoms with van der Waals surface area (Å²) in [6.45, 7) is 8.13. The molecule has 0 fully saturated rings. The van der Waals surface area contributed by atoms with Gasteiger partial charge in [0.1, 0.15) is 6.61 Å². The Hall–Kier alpha value is -0.770. The van der Waals surface area contributed by atoms with Gasteiger partial charge in [-0.05, 0) is 6.42 Å². The minimum atomic E-state index is -0.393. The highest BCUT2D eigenvalue weighted by molar-refractivity contribution is 5.70. The molecular weight excluding hydrogens is 368 g/mol. The summed E-state index contributed by atoms with van der Waals surface area (Å²) in [4.78, 5) is 10.8. The average molecular weight is 409 g/mol. The van der Waals surface area contributed by atoms with Crippen molar-refractivity contribution in [2.24, 2.45) is 0 Å². The van der Waals surface area contributed by atoms with Crippen LogP contribution in [0.3, 0.4) is 0 Å². The fourth-order valence-electron chi connectivity index (χ4n) is 2.12. The van der Waals surface area contributed by atoms with E-state index < -0.39 is 5.97 Å². The van der Waals surface area contributed by atoms with Gasteiger partial charge in [0, 0.05) is 6.61 Å². The summed E-state index contributed by atoms with van der Waals surface area (Å²) in [7, 11) is 1.32. The number of rotatable bonds is 23. The average Bonchev–Trinajstić information content (AvgIpc) is 2.71. The summed E-state index contributed by atoms with van der Waals surface area (Å²) in [6.07, 6.45) is 6.28. The summed E-state index contributed by atoms with van der Waals surface area (Å²) in [5.41, 5.74) is 0. The number of hydrogen-bond donors (Lipinski definition) is 0. The van der Waals surface area contributed by atoms with E-state index in [9.17, 15) is 4.79 Å². The van der Waals surface area contributed by atoms with Crippen LogP contribution < -0.4 is 0 Å².